The minimum Gasteiger partial charge on any atom is -0.453 e. The van der Waals surface area contributed by atoms with Gasteiger partial charge in [0.25, 0.3) is 0 Å². The first-order valence-corrected chi connectivity index (χ1v) is 8.62. The van der Waals surface area contributed by atoms with Crippen molar-refractivity contribution >= 4 is 11.9 Å². The normalized spacial score (nSPS) is 21.0. The summed E-state index contributed by atoms with van der Waals surface area (Å²) in [7, 11) is 0. The van der Waals surface area contributed by atoms with Gasteiger partial charge < -0.3 is 9.47 Å². The average molecular weight is 349 g/mol. The van der Waals surface area contributed by atoms with Crippen molar-refractivity contribution in [2.24, 2.45) is 5.92 Å². The van der Waals surface area contributed by atoms with Crippen LogP contribution in [0.15, 0.2) is 42.7 Å². The molecule has 2 unspecified atom stereocenters. The molecular formula is C21H19NO4. The third-order valence-corrected chi connectivity index (χ3v) is 5.32. The second-order valence-electron chi connectivity index (χ2n) is 6.84. The molecule has 132 valence electrons. The van der Waals surface area contributed by atoms with Gasteiger partial charge in [0.15, 0.2) is 0 Å². The van der Waals surface area contributed by atoms with Crippen LogP contribution in [0.2, 0.25) is 0 Å². The zero-order valence-electron chi connectivity index (χ0n) is 14.7. The van der Waals surface area contributed by atoms with E-state index in [1.165, 1.54) is 11.8 Å². The highest BCUT2D eigenvalue weighted by Crippen LogP contribution is 2.49. The number of aryl methyl sites for hydroxylation is 1. The fourth-order valence-corrected chi connectivity index (χ4v) is 3.92. The van der Waals surface area contributed by atoms with E-state index < -0.39 is 5.97 Å². The molecular weight excluding hydrogens is 330 g/mol. The Hall–Kier alpha value is -2.95. The van der Waals surface area contributed by atoms with Crippen LogP contribution >= 0.6 is 0 Å². The molecule has 0 saturated carbocycles. The van der Waals surface area contributed by atoms with Gasteiger partial charge in [-0.1, -0.05) is 6.58 Å². The van der Waals surface area contributed by atoms with Crippen molar-refractivity contribution in [2.45, 2.75) is 32.8 Å². The molecule has 1 aromatic carbocycles. The molecule has 1 aromatic heterocycles. The Bertz CT molecular complexity index is 933. The van der Waals surface area contributed by atoms with Gasteiger partial charge in [0.2, 0.25) is 0 Å². The van der Waals surface area contributed by atoms with Crippen LogP contribution in [0.5, 0.6) is 5.75 Å². The maximum absolute atomic E-state index is 12.4. The highest BCUT2D eigenvalue weighted by Gasteiger charge is 2.44. The lowest BCUT2D eigenvalue weighted by Gasteiger charge is -2.30. The molecule has 5 heteroatoms. The fourth-order valence-electron chi connectivity index (χ4n) is 3.92. The number of fused-ring (bicyclic) bond motifs is 3. The number of carbonyl (C=O) groups excluding carboxylic acids is 2. The van der Waals surface area contributed by atoms with E-state index in [1.807, 2.05) is 19.9 Å². The van der Waals surface area contributed by atoms with Crippen molar-refractivity contribution < 1.29 is 19.1 Å². The summed E-state index contributed by atoms with van der Waals surface area (Å²) in [5.41, 5.74) is 4.93. The number of carbonyl (C=O) groups is 2. The van der Waals surface area contributed by atoms with Gasteiger partial charge >= 0.3 is 11.9 Å². The number of esters is 2. The lowest BCUT2D eigenvalue weighted by molar-refractivity contribution is -0.139. The molecule has 0 amide bonds. The van der Waals surface area contributed by atoms with Gasteiger partial charge in [0.05, 0.1) is 5.56 Å². The highest BCUT2D eigenvalue weighted by atomic mass is 16.6. The van der Waals surface area contributed by atoms with Crippen LogP contribution in [0.25, 0.3) is 0 Å². The van der Waals surface area contributed by atoms with Crippen molar-refractivity contribution in [3.63, 3.8) is 0 Å². The molecule has 2 aromatic rings. The zero-order valence-corrected chi connectivity index (χ0v) is 14.7. The average Bonchev–Trinajstić information content (AvgIpc) is 2.94. The van der Waals surface area contributed by atoms with Gasteiger partial charge in [0, 0.05) is 29.4 Å². The summed E-state index contributed by atoms with van der Waals surface area (Å²) in [5, 5.41) is 0. The second-order valence-corrected chi connectivity index (χ2v) is 6.84. The SMILES string of the molecule is C=C1C(=O)OC2c3c(C)c(OC(=O)c4cccnc4)cc(C)c3CCC12. The van der Waals surface area contributed by atoms with Gasteiger partial charge in [-0.3, -0.25) is 4.98 Å². The maximum Gasteiger partial charge on any atom is 0.345 e. The Morgan fingerprint density at radius 1 is 1.38 bits per heavy atom. The first kappa shape index (κ1) is 16.5. The molecule has 26 heavy (non-hydrogen) atoms. The Labute approximate surface area is 151 Å². The van der Waals surface area contributed by atoms with Crippen molar-refractivity contribution in [1.29, 1.82) is 0 Å². The lowest BCUT2D eigenvalue weighted by atomic mass is 9.76. The maximum atomic E-state index is 12.4. The van der Waals surface area contributed by atoms with Crippen LogP contribution in [0, 0.1) is 19.8 Å². The molecule has 1 aliphatic heterocycles. The van der Waals surface area contributed by atoms with E-state index in [1.54, 1.807) is 18.3 Å². The number of pyridine rings is 1. The van der Waals surface area contributed by atoms with Gasteiger partial charge in [-0.15, -0.1) is 0 Å². The lowest BCUT2D eigenvalue weighted by Crippen LogP contribution is -2.21. The molecule has 0 N–H and O–H groups in total. The minimum absolute atomic E-state index is 0.00243. The van der Waals surface area contributed by atoms with Crippen LogP contribution in [-0.4, -0.2) is 16.9 Å². The van der Waals surface area contributed by atoms with E-state index in [0.29, 0.717) is 16.9 Å². The molecule has 0 bridgehead atoms. The van der Waals surface area contributed by atoms with Crippen LogP contribution < -0.4 is 4.74 Å². The van der Waals surface area contributed by atoms with Crippen molar-refractivity contribution in [1.82, 2.24) is 4.98 Å². The number of aromatic nitrogens is 1. The monoisotopic (exact) mass is 349 g/mol. The third-order valence-electron chi connectivity index (χ3n) is 5.32. The van der Waals surface area contributed by atoms with E-state index in [9.17, 15) is 9.59 Å². The van der Waals surface area contributed by atoms with Gasteiger partial charge in [-0.05, 0) is 61.6 Å². The summed E-state index contributed by atoms with van der Waals surface area (Å²) in [6, 6.07) is 5.23. The van der Waals surface area contributed by atoms with E-state index >= 15 is 0 Å². The zero-order chi connectivity index (χ0) is 18.4. The van der Waals surface area contributed by atoms with E-state index in [4.69, 9.17) is 9.47 Å². The standard InChI is InChI=1S/C21H19NO4/c1-11-9-17(25-21(24)14-5-4-8-22-10-14)13(3)18-15(11)6-7-16-12(2)20(23)26-19(16)18/h4-5,8-10,16,19H,2,6-7H2,1,3H3. The number of rotatable bonds is 2. The second kappa shape index (κ2) is 6.09. The minimum atomic E-state index is -0.458. The predicted molar refractivity (Wildman–Crippen MR) is 94.9 cm³/mol. The third kappa shape index (κ3) is 2.51. The fraction of sp³-hybridized carbons (Fsp3) is 0.286. The summed E-state index contributed by atoms with van der Waals surface area (Å²) in [4.78, 5) is 28.3. The van der Waals surface area contributed by atoms with Crippen molar-refractivity contribution in [2.75, 3.05) is 0 Å². The summed E-state index contributed by atoms with van der Waals surface area (Å²) in [6.45, 7) is 7.78. The summed E-state index contributed by atoms with van der Waals surface area (Å²) in [5.74, 6) is -0.301. The smallest absolute Gasteiger partial charge is 0.345 e. The molecule has 0 radical (unpaired) electrons. The number of ether oxygens (including phenoxy) is 2. The molecule has 2 atom stereocenters. The first-order chi connectivity index (χ1) is 12.5. The molecule has 1 aliphatic carbocycles. The topological polar surface area (TPSA) is 65.5 Å². The molecule has 1 saturated heterocycles. The van der Waals surface area contributed by atoms with Gasteiger partial charge in [-0.2, -0.15) is 0 Å². The van der Waals surface area contributed by atoms with Crippen molar-refractivity contribution in [3.8, 4) is 5.75 Å². The van der Waals surface area contributed by atoms with Crippen LogP contribution in [-0.2, 0) is 16.0 Å². The van der Waals surface area contributed by atoms with Gasteiger partial charge in [0.1, 0.15) is 11.9 Å². The molecule has 5 nitrogen and oxygen atoms in total. The summed E-state index contributed by atoms with van der Waals surface area (Å²) in [6.07, 6.45) is 4.44. The van der Waals surface area contributed by atoms with Crippen molar-refractivity contribution in [3.05, 3.63) is 70.6 Å². The molecule has 1 fully saturated rings. The van der Waals surface area contributed by atoms with E-state index in [-0.39, 0.29) is 18.0 Å². The van der Waals surface area contributed by atoms with Crippen LogP contribution in [0.1, 0.15) is 45.1 Å². The van der Waals surface area contributed by atoms with E-state index in [0.717, 1.165) is 29.5 Å². The van der Waals surface area contributed by atoms with Crippen LogP contribution in [0.4, 0.5) is 0 Å². The molecule has 2 aliphatic rings. The first-order valence-electron chi connectivity index (χ1n) is 8.62. The molecule has 2 heterocycles. The van der Waals surface area contributed by atoms with Gasteiger partial charge in [-0.25, -0.2) is 9.59 Å². The number of hydrogen-bond donors (Lipinski definition) is 0. The number of nitrogens with zero attached hydrogens (tertiary/aromatic N) is 1. The number of benzene rings is 1. The molecule has 4 rings (SSSR count). The largest absolute Gasteiger partial charge is 0.453 e. The number of hydrogen-bond acceptors (Lipinski definition) is 5. The Kier molecular flexibility index (Phi) is 3.87. The Morgan fingerprint density at radius 3 is 2.92 bits per heavy atom. The molecule has 0 spiro atoms. The predicted octanol–water partition coefficient (Wildman–Crippen LogP) is 3.63. The summed E-state index contributed by atoms with van der Waals surface area (Å²) < 4.78 is 11.2. The highest BCUT2D eigenvalue weighted by molar-refractivity contribution is 5.92. The summed E-state index contributed by atoms with van der Waals surface area (Å²) >= 11 is 0. The Morgan fingerprint density at radius 2 is 2.19 bits per heavy atom. The Balaban J connectivity index is 1.74. The van der Waals surface area contributed by atoms with E-state index in [2.05, 4.69) is 11.6 Å². The quantitative estimate of drug-likeness (QED) is 0.470. The van der Waals surface area contributed by atoms with Crippen LogP contribution in [0.3, 0.4) is 0 Å².